The highest BCUT2D eigenvalue weighted by molar-refractivity contribution is 5.92. The smallest absolute Gasteiger partial charge is 0.334 e. The van der Waals surface area contributed by atoms with Crippen LogP contribution in [0.25, 0.3) is 10.9 Å². The number of nitrogens with one attached hydrogen (secondary N) is 1. The Labute approximate surface area is 283 Å². The second kappa shape index (κ2) is 13.3. The molecule has 2 fully saturated rings. The molecule has 4 aromatic carbocycles. The zero-order chi connectivity index (χ0) is 34.1. The number of aromatic hydroxyl groups is 1. The Hall–Kier alpha value is -5.88. The number of hydrogen-bond donors (Lipinski definition) is 3. The molecular formula is C37H38N8O4. The second-order valence-corrected chi connectivity index (χ2v) is 12.6. The number of benzene rings is 4. The lowest BCUT2D eigenvalue weighted by molar-refractivity contribution is -0.187. The van der Waals surface area contributed by atoms with E-state index in [4.69, 9.17) is 10.8 Å². The third-order valence-corrected chi connectivity index (χ3v) is 9.15. The molecule has 5 aromatic rings. The minimum absolute atomic E-state index is 0.0562. The average Bonchev–Trinajstić information content (AvgIpc) is 3.51. The first-order valence-electron chi connectivity index (χ1n) is 16.2. The van der Waals surface area contributed by atoms with Gasteiger partial charge in [-0.1, -0.05) is 72.8 Å². The molecule has 0 unspecified atom stereocenters. The maximum absolute atomic E-state index is 14.4. The van der Waals surface area contributed by atoms with Crippen LogP contribution < -0.4 is 11.1 Å². The predicted octanol–water partition coefficient (Wildman–Crippen LogP) is 3.55. The van der Waals surface area contributed by atoms with Gasteiger partial charge >= 0.3 is 6.03 Å². The number of urea groups is 1. The normalized spacial score (nSPS) is 18.2. The summed E-state index contributed by atoms with van der Waals surface area (Å²) in [5.41, 5.74) is 11.0. The summed E-state index contributed by atoms with van der Waals surface area (Å²) in [7, 11) is 1.71. The fourth-order valence-corrected chi connectivity index (χ4v) is 6.74. The molecule has 3 heterocycles. The third kappa shape index (κ3) is 6.63. The molecule has 7 rings (SSSR count). The fourth-order valence-electron chi connectivity index (χ4n) is 6.74. The van der Waals surface area contributed by atoms with Gasteiger partial charge in [-0.3, -0.25) is 14.3 Å². The monoisotopic (exact) mass is 658 g/mol. The van der Waals surface area contributed by atoms with Crippen LogP contribution in [0.1, 0.15) is 22.3 Å². The number of piperazine rings is 1. The number of carbonyl (C=O) groups is 3. The summed E-state index contributed by atoms with van der Waals surface area (Å²) in [5, 5.41) is 21.9. The molecule has 2 saturated heterocycles. The van der Waals surface area contributed by atoms with E-state index in [-0.39, 0.29) is 49.7 Å². The van der Waals surface area contributed by atoms with Crippen LogP contribution in [-0.4, -0.2) is 84.9 Å². The number of rotatable bonds is 8. The number of amides is 4. The van der Waals surface area contributed by atoms with Gasteiger partial charge in [-0.15, -0.1) is 0 Å². The Morgan fingerprint density at radius 1 is 0.898 bits per heavy atom. The van der Waals surface area contributed by atoms with Gasteiger partial charge < -0.3 is 26.0 Å². The Morgan fingerprint density at radius 2 is 1.63 bits per heavy atom. The van der Waals surface area contributed by atoms with Crippen molar-refractivity contribution in [2.45, 2.75) is 38.3 Å². The Kier molecular flexibility index (Phi) is 8.62. The summed E-state index contributed by atoms with van der Waals surface area (Å²) in [6.45, 7) is 1.17. The van der Waals surface area contributed by atoms with E-state index in [0.717, 1.165) is 33.2 Å². The van der Waals surface area contributed by atoms with Crippen molar-refractivity contribution in [1.82, 2.24) is 34.9 Å². The van der Waals surface area contributed by atoms with Gasteiger partial charge in [-0.2, -0.15) is 5.10 Å². The van der Waals surface area contributed by atoms with Crippen molar-refractivity contribution in [2.24, 2.45) is 0 Å². The highest BCUT2D eigenvalue weighted by Gasteiger charge is 2.50. The lowest BCUT2D eigenvalue weighted by atomic mass is 9.98. The maximum atomic E-state index is 14.4. The van der Waals surface area contributed by atoms with E-state index in [0.29, 0.717) is 18.8 Å². The number of likely N-dealkylation sites (N-methyl/N-ethyl adjacent to an activating group) is 1. The topological polar surface area (TPSA) is 140 Å². The molecule has 2 aliphatic heterocycles. The van der Waals surface area contributed by atoms with Crippen LogP contribution in [0.4, 0.5) is 10.5 Å². The van der Waals surface area contributed by atoms with E-state index >= 15 is 0 Å². The molecule has 4 amide bonds. The number of nitrogen functional groups attached to an aromatic ring is 1. The minimum atomic E-state index is -0.865. The van der Waals surface area contributed by atoms with Gasteiger partial charge in [-0.25, -0.2) is 14.8 Å². The molecule has 2 aliphatic rings. The van der Waals surface area contributed by atoms with Gasteiger partial charge in [-0.05, 0) is 46.5 Å². The van der Waals surface area contributed by atoms with Crippen molar-refractivity contribution in [3.8, 4) is 5.75 Å². The van der Waals surface area contributed by atoms with Crippen LogP contribution in [0, 0.1) is 0 Å². The molecule has 250 valence electrons. The minimum Gasteiger partial charge on any atom is -0.508 e. The molecule has 0 aliphatic carbocycles. The van der Waals surface area contributed by atoms with Crippen LogP contribution in [-0.2, 0) is 35.6 Å². The van der Waals surface area contributed by atoms with Gasteiger partial charge in [0, 0.05) is 43.8 Å². The third-order valence-electron chi connectivity index (χ3n) is 9.15. The first-order chi connectivity index (χ1) is 23.7. The molecule has 4 N–H and O–H groups in total. The predicted molar refractivity (Wildman–Crippen MR) is 184 cm³/mol. The van der Waals surface area contributed by atoms with Crippen LogP contribution >= 0.6 is 0 Å². The lowest BCUT2D eigenvalue weighted by Gasteiger charge is -2.54. The first kappa shape index (κ1) is 31.7. The first-order valence-corrected chi connectivity index (χ1v) is 16.2. The van der Waals surface area contributed by atoms with Crippen molar-refractivity contribution in [3.05, 3.63) is 126 Å². The largest absolute Gasteiger partial charge is 0.508 e. The summed E-state index contributed by atoms with van der Waals surface area (Å²) in [4.78, 5) is 45.2. The average molecular weight is 659 g/mol. The summed E-state index contributed by atoms with van der Waals surface area (Å²) in [6.07, 6.45) is 1.46. The van der Waals surface area contributed by atoms with Crippen LogP contribution in [0.3, 0.4) is 0 Å². The number of nitrogens with zero attached hydrogens (tertiary/aromatic N) is 6. The zero-order valence-corrected chi connectivity index (χ0v) is 27.1. The Balaban J connectivity index is 1.20. The maximum Gasteiger partial charge on any atom is 0.334 e. The van der Waals surface area contributed by atoms with Crippen molar-refractivity contribution >= 4 is 34.4 Å². The Morgan fingerprint density at radius 3 is 2.39 bits per heavy atom. The molecule has 1 aromatic heterocycles. The van der Waals surface area contributed by atoms with E-state index in [1.54, 1.807) is 51.1 Å². The SMILES string of the molecule is CN1CC(=O)N2[C@@H](Cc3ccc(O)cc3)C(=O)N(Cc3cccc4cn(Cc5ccc(N)cc5)nc34)C[C@@H]2N1C(=O)NCc1ccccc1. The van der Waals surface area contributed by atoms with Gasteiger partial charge in [0.2, 0.25) is 11.8 Å². The molecule has 12 nitrogen and oxygen atoms in total. The van der Waals surface area contributed by atoms with E-state index in [9.17, 15) is 19.5 Å². The zero-order valence-electron chi connectivity index (χ0n) is 27.1. The van der Waals surface area contributed by atoms with Crippen LogP contribution in [0.5, 0.6) is 5.75 Å². The fraction of sp³-hybridized carbons (Fsp3) is 0.243. The number of anilines is 1. The van der Waals surface area contributed by atoms with Gasteiger partial charge in [0.1, 0.15) is 18.0 Å². The summed E-state index contributed by atoms with van der Waals surface area (Å²) >= 11 is 0. The Bertz CT molecular complexity index is 1980. The summed E-state index contributed by atoms with van der Waals surface area (Å²) in [5.74, 6) is -0.343. The highest BCUT2D eigenvalue weighted by atomic mass is 16.3. The standard InChI is InChI=1S/C37H38N8O4/c1-41-24-34(47)44-32(18-25-12-16-31(46)17-13-25)36(48)42(23-33(44)45(41)37(49)39-19-26-6-3-2-4-7-26)21-28-8-5-9-29-22-43(40-35(28)29)20-27-10-14-30(38)15-11-27/h2-17,22,32-33,46H,18-21,23-24,38H2,1H3,(H,39,49)/t32-,33-/m0/s1. The number of phenolic OH excluding ortho intramolecular Hbond substituents is 1. The van der Waals surface area contributed by atoms with Gasteiger partial charge in [0.05, 0.1) is 25.2 Å². The number of aromatic nitrogens is 2. The number of carbonyl (C=O) groups excluding carboxylic acids is 3. The van der Waals surface area contributed by atoms with E-state index in [2.05, 4.69) is 5.32 Å². The second-order valence-electron chi connectivity index (χ2n) is 12.6. The van der Waals surface area contributed by atoms with Crippen molar-refractivity contribution in [1.29, 1.82) is 0 Å². The number of hydrazine groups is 1. The molecule has 0 radical (unpaired) electrons. The van der Waals surface area contributed by atoms with E-state index in [1.165, 1.54) is 0 Å². The molecular weight excluding hydrogens is 620 g/mol. The molecule has 0 bridgehead atoms. The van der Waals surface area contributed by atoms with Gasteiger partial charge in [0.15, 0.2) is 0 Å². The quantitative estimate of drug-likeness (QED) is 0.217. The molecule has 12 heteroatoms. The van der Waals surface area contributed by atoms with Crippen molar-refractivity contribution < 1.29 is 19.5 Å². The summed E-state index contributed by atoms with van der Waals surface area (Å²) < 4.78 is 1.88. The number of nitrogens with two attached hydrogens (primary N) is 1. The van der Waals surface area contributed by atoms with E-state index in [1.807, 2.05) is 83.7 Å². The summed E-state index contributed by atoms with van der Waals surface area (Å²) in [6, 6.07) is 28.6. The number of phenols is 1. The number of fused-ring (bicyclic) bond motifs is 2. The number of hydrogen-bond acceptors (Lipinski definition) is 7. The van der Waals surface area contributed by atoms with Crippen LogP contribution in [0.2, 0.25) is 0 Å². The lowest BCUT2D eigenvalue weighted by Crippen LogP contribution is -2.76. The highest BCUT2D eigenvalue weighted by Crippen LogP contribution is 2.30. The molecule has 0 spiro atoms. The molecule has 49 heavy (non-hydrogen) atoms. The van der Waals surface area contributed by atoms with Crippen molar-refractivity contribution in [3.63, 3.8) is 0 Å². The van der Waals surface area contributed by atoms with E-state index < -0.39 is 12.2 Å². The molecule has 2 atom stereocenters. The van der Waals surface area contributed by atoms with Crippen molar-refractivity contribution in [2.75, 3.05) is 25.9 Å². The van der Waals surface area contributed by atoms with Gasteiger partial charge in [0.25, 0.3) is 0 Å². The van der Waals surface area contributed by atoms with Crippen LogP contribution in [0.15, 0.2) is 103 Å². The molecule has 0 saturated carbocycles.